The summed E-state index contributed by atoms with van der Waals surface area (Å²) in [4.78, 5) is 22.9. The molecule has 0 radical (unpaired) electrons. The number of non-ortho nitro benzene ring substituents is 1. The van der Waals surface area contributed by atoms with Gasteiger partial charge >= 0.3 is 0 Å². The van der Waals surface area contributed by atoms with Gasteiger partial charge in [0.25, 0.3) is 11.6 Å². The van der Waals surface area contributed by atoms with E-state index in [0.717, 1.165) is 27.4 Å². The van der Waals surface area contributed by atoms with Gasteiger partial charge in [-0.1, -0.05) is 35.9 Å². The number of nitrogens with one attached hydrogen (secondary N) is 1. The monoisotopic (exact) mass is 497 g/mol. The van der Waals surface area contributed by atoms with Gasteiger partial charge in [-0.3, -0.25) is 19.2 Å². The number of hydrogen-bond acceptors (Lipinski definition) is 6. The summed E-state index contributed by atoms with van der Waals surface area (Å²) in [5.41, 5.74) is 3.20. The molecule has 0 saturated carbocycles. The van der Waals surface area contributed by atoms with Crippen molar-refractivity contribution < 1.29 is 22.9 Å². The van der Waals surface area contributed by atoms with Gasteiger partial charge in [-0.25, -0.2) is 8.42 Å². The molecule has 35 heavy (non-hydrogen) atoms. The maximum absolute atomic E-state index is 12.4. The number of nitro groups is 1. The SMILES string of the molecule is Cc1ccc(OCCNC(=O)c2ccc(CN(c3cccc([N+](=O)[O-])c3)S(C)(=O)=O)cc2)c(C)c1. The Morgan fingerprint density at radius 2 is 1.77 bits per heavy atom. The Kier molecular flexibility index (Phi) is 8.08. The first-order valence-corrected chi connectivity index (χ1v) is 12.7. The van der Waals surface area contributed by atoms with E-state index in [-0.39, 0.29) is 23.8 Å². The molecule has 3 aromatic carbocycles. The van der Waals surface area contributed by atoms with Gasteiger partial charge in [-0.15, -0.1) is 0 Å². The number of aryl methyl sites for hydroxylation is 2. The molecule has 0 aliphatic carbocycles. The molecule has 184 valence electrons. The number of amides is 1. The Labute approximate surface area is 204 Å². The molecule has 3 rings (SSSR count). The van der Waals surface area contributed by atoms with Crippen LogP contribution in [0.1, 0.15) is 27.0 Å². The highest BCUT2D eigenvalue weighted by Crippen LogP contribution is 2.25. The van der Waals surface area contributed by atoms with Crippen LogP contribution in [0.4, 0.5) is 11.4 Å². The van der Waals surface area contributed by atoms with Gasteiger partial charge in [0, 0.05) is 17.7 Å². The number of nitrogens with zero attached hydrogens (tertiary/aromatic N) is 2. The number of carbonyl (C=O) groups excluding carboxylic acids is 1. The zero-order chi connectivity index (χ0) is 25.6. The molecule has 9 nitrogen and oxygen atoms in total. The van der Waals surface area contributed by atoms with Gasteiger partial charge in [0.2, 0.25) is 10.0 Å². The van der Waals surface area contributed by atoms with E-state index in [2.05, 4.69) is 5.32 Å². The van der Waals surface area contributed by atoms with Crippen LogP contribution in [0.25, 0.3) is 0 Å². The average molecular weight is 498 g/mol. The van der Waals surface area contributed by atoms with Crippen LogP contribution in [0.15, 0.2) is 66.7 Å². The van der Waals surface area contributed by atoms with Gasteiger partial charge in [0.05, 0.1) is 30.0 Å². The number of sulfonamides is 1. The molecule has 3 aromatic rings. The van der Waals surface area contributed by atoms with Crippen LogP contribution in [0.5, 0.6) is 5.75 Å². The Bertz CT molecular complexity index is 1320. The van der Waals surface area contributed by atoms with Crippen molar-refractivity contribution in [1.29, 1.82) is 0 Å². The molecule has 0 saturated heterocycles. The van der Waals surface area contributed by atoms with Crippen molar-refractivity contribution in [2.24, 2.45) is 0 Å². The summed E-state index contributed by atoms with van der Waals surface area (Å²) in [7, 11) is -3.71. The van der Waals surface area contributed by atoms with Gasteiger partial charge in [0.15, 0.2) is 0 Å². The summed E-state index contributed by atoms with van der Waals surface area (Å²) in [5, 5.41) is 13.9. The zero-order valence-corrected chi connectivity index (χ0v) is 20.5. The number of hydrogen-bond donors (Lipinski definition) is 1. The van der Waals surface area contributed by atoms with Crippen molar-refractivity contribution in [1.82, 2.24) is 5.32 Å². The Hall–Kier alpha value is -3.92. The van der Waals surface area contributed by atoms with Gasteiger partial charge in [-0.05, 0) is 49.2 Å². The minimum Gasteiger partial charge on any atom is -0.491 e. The van der Waals surface area contributed by atoms with Crippen LogP contribution in [0, 0.1) is 24.0 Å². The van der Waals surface area contributed by atoms with Crippen molar-refractivity contribution in [3.8, 4) is 5.75 Å². The third-order valence-electron chi connectivity index (χ3n) is 5.25. The lowest BCUT2D eigenvalue weighted by Gasteiger charge is -2.22. The van der Waals surface area contributed by atoms with Crippen molar-refractivity contribution in [3.63, 3.8) is 0 Å². The number of carbonyl (C=O) groups is 1. The molecule has 0 aromatic heterocycles. The van der Waals surface area contributed by atoms with E-state index >= 15 is 0 Å². The molecule has 0 spiro atoms. The number of nitro benzene ring substituents is 1. The highest BCUT2D eigenvalue weighted by Gasteiger charge is 2.20. The lowest BCUT2D eigenvalue weighted by Crippen LogP contribution is -2.29. The molecule has 0 heterocycles. The highest BCUT2D eigenvalue weighted by atomic mass is 32.2. The Balaban J connectivity index is 1.61. The summed E-state index contributed by atoms with van der Waals surface area (Å²) >= 11 is 0. The first-order chi connectivity index (χ1) is 16.5. The lowest BCUT2D eigenvalue weighted by molar-refractivity contribution is -0.384. The average Bonchev–Trinajstić information content (AvgIpc) is 2.81. The van der Waals surface area contributed by atoms with Crippen LogP contribution in [0.3, 0.4) is 0 Å². The third kappa shape index (κ3) is 7.03. The van der Waals surface area contributed by atoms with Crippen LogP contribution >= 0.6 is 0 Å². The molecule has 1 amide bonds. The lowest BCUT2D eigenvalue weighted by atomic mass is 10.1. The van der Waals surface area contributed by atoms with E-state index in [9.17, 15) is 23.3 Å². The summed E-state index contributed by atoms with van der Waals surface area (Å²) in [6, 6.07) is 17.8. The normalized spacial score (nSPS) is 11.1. The second kappa shape index (κ2) is 11.0. The third-order valence-corrected chi connectivity index (χ3v) is 6.39. The molecule has 0 atom stereocenters. The first-order valence-electron chi connectivity index (χ1n) is 10.8. The van der Waals surface area contributed by atoms with Crippen LogP contribution in [0.2, 0.25) is 0 Å². The number of ether oxygens (including phenoxy) is 1. The van der Waals surface area contributed by atoms with Crippen molar-refractivity contribution in [3.05, 3.63) is 99.1 Å². The summed E-state index contributed by atoms with van der Waals surface area (Å²) in [6.07, 6.45) is 1.04. The fourth-order valence-electron chi connectivity index (χ4n) is 3.48. The van der Waals surface area contributed by atoms with E-state index in [4.69, 9.17) is 4.74 Å². The number of rotatable bonds is 10. The maximum atomic E-state index is 12.4. The summed E-state index contributed by atoms with van der Waals surface area (Å²) in [5.74, 6) is 0.493. The zero-order valence-electron chi connectivity index (χ0n) is 19.7. The van der Waals surface area contributed by atoms with E-state index in [0.29, 0.717) is 24.3 Å². The molecule has 0 aliphatic rings. The molecular formula is C25H27N3O6S. The van der Waals surface area contributed by atoms with Crippen LogP contribution < -0.4 is 14.4 Å². The minimum absolute atomic E-state index is 0.0361. The minimum atomic E-state index is -3.71. The topological polar surface area (TPSA) is 119 Å². The molecular weight excluding hydrogens is 470 g/mol. The Morgan fingerprint density at radius 1 is 1.06 bits per heavy atom. The Morgan fingerprint density at radius 3 is 2.40 bits per heavy atom. The van der Waals surface area contributed by atoms with Crippen LogP contribution in [-0.2, 0) is 16.6 Å². The fraction of sp³-hybridized carbons (Fsp3) is 0.240. The predicted molar refractivity (Wildman–Crippen MR) is 134 cm³/mol. The molecule has 10 heteroatoms. The maximum Gasteiger partial charge on any atom is 0.271 e. The van der Waals surface area contributed by atoms with E-state index in [1.54, 1.807) is 24.3 Å². The number of benzene rings is 3. The second-order valence-corrected chi connectivity index (χ2v) is 10.0. The predicted octanol–water partition coefficient (Wildman–Crippen LogP) is 3.99. The molecule has 0 unspecified atom stereocenters. The van der Waals surface area contributed by atoms with E-state index in [1.807, 2.05) is 32.0 Å². The summed E-state index contributed by atoms with van der Waals surface area (Å²) in [6.45, 7) is 4.58. The molecule has 0 aliphatic heterocycles. The standard InChI is InChI=1S/C25H27N3O6S/c1-18-7-12-24(19(2)15-18)34-14-13-26-25(29)21-10-8-20(9-11-21)17-27(35(3,32)33)22-5-4-6-23(16-22)28(30)31/h4-12,15-16H,13-14,17H2,1-3H3,(H,26,29). The highest BCUT2D eigenvalue weighted by molar-refractivity contribution is 7.92. The molecule has 0 fully saturated rings. The quantitative estimate of drug-likeness (QED) is 0.257. The van der Waals surface area contributed by atoms with Gasteiger partial charge in [0.1, 0.15) is 12.4 Å². The first kappa shape index (κ1) is 25.7. The van der Waals surface area contributed by atoms with Crippen LogP contribution in [-0.4, -0.2) is 38.7 Å². The molecule has 0 bridgehead atoms. The number of anilines is 1. The van der Waals surface area contributed by atoms with Gasteiger partial charge in [-0.2, -0.15) is 0 Å². The van der Waals surface area contributed by atoms with E-state index < -0.39 is 14.9 Å². The van der Waals surface area contributed by atoms with Crippen molar-refractivity contribution in [2.45, 2.75) is 20.4 Å². The fourth-order valence-corrected chi connectivity index (χ4v) is 4.36. The second-order valence-electron chi connectivity index (χ2n) is 8.12. The largest absolute Gasteiger partial charge is 0.491 e. The summed E-state index contributed by atoms with van der Waals surface area (Å²) < 4.78 is 31.5. The van der Waals surface area contributed by atoms with Crippen molar-refractivity contribution >= 4 is 27.3 Å². The van der Waals surface area contributed by atoms with E-state index in [1.165, 1.54) is 24.3 Å². The van der Waals surface area contributed by atoms with Gasteiger partial charge < -0.3 is 10.1 Å². The molecule has 1 N–H and O–H groups in total. The smallest absolute Gasteiger partial charge is 0.271 e. The van der Waals surface area contributed by atoms with Crippen molar-refractivity contribution in [2.75, 3.05) is 23.7 Å².